The zero-order valence-electron chi connectivity index (χ0n) is 19.8. The van der Waals surface area contributed by atoms with Crippen molar-refractivity contribution in [2.75, 3.05) is 26.3 Å². The fourth-order valence-corrected chi connectivity index (χ4v) is 2.95. The van der Waals surface area contributed by atoms with E-state index in [1.807, 2.05) is 19.1 Å². The summed E-state index contributed by atoms with van der Waals surface area (Å²) in [6, 6.07) is 12.0. The van der Waals surface area contributed by atoms with Gasteiger partial charge in [-0.15, -0.1) is 0 Å². The molecule has 0 aliphatic rings. The summed E-state index contributed by atoms with van der Waals surface area (Å²) in [7, 11) is 0. The highest BCUT2D eigenvalue weighted by Gasteiger charge is 2.19. The summed E-state index contributed by atoms with van der Waals surface area (Å²) < 4.78 is 15.4. The second kappa shape index (κ2) is 11.9. The zero-order valence-corrected chi connectivity index (χ0v) is 19.8. The molecule has 0 atom stereocenters. The van der Waals surface area contributed by atoms with Gasteiger partial charge in [0.25, 0.3) is 11.8 Å². The van der Waals surface area contributed by atoms with Crippen molar-refractivity contribution in [3.8, 4) is 11.5 Å². The predicted octanol–water partition coefficient (Wildman–Crippen LogP) is 3.75. The lowest BCUT2D eigenvalue weighted by Gasteiger charge is -2.23. The third-order valence-corrected chi connectivity index (χ3v) is 4.61. The number of nitrogens with one attached hydrogen (secondary N) is 2. The fraction of sp³-hybridized carbons (Fsp3) is 0.400. The zero-order chi connectivity index (χ0) is 24.4. The van der Waals surface area contributed by atoms with Gasteiger partial charge in [-0.25, -0.2) is 4.79 Å². The van der Waals surface area contributed by atoms with Crippen LogP contribution in [0.25, 0.3) is 0 Å². The van der Waals surface area contributed by atoms with Gasteiger partial charge in [-0.3, -0.25) is 9.59 Å². The monoisotopic (exact) mass is 456 g/mol. The summed E-state index contributed by atoms with van der Waals surface area (Å²) in [6.45, 7) is 10.6. The summed E-state index contributed by atoms with van der Waals surface area (Å²) in [4.78, 5) is 35.6. The molecule has 0 spiro atoms. The van der Waals surface area contributed by atoms with Crippen LogP contribution in [-0.4, -0.2) is 44.3 Å². The molecule has 0 saturated heterocycles. The molecule has 0 aliphatic heterocycles. The Balaban J connectivity index is 1.74. The van der Waals surface area contributed by atoms with Gasteiger partial charge in [0, 0.05) is 18.7 Å². The van der Waals surface area contributed by atoms with E-state index in [1.165, 1.54) is 24.3 Å². The van der Waals surface area contributed by atoms with Crippen LogP contribution in [0.3, 0.4) is 0 Å². The van der Waals surface area contributed by atoms with Crippen molar-refractivity contribution in [3.63, 3.8) is 0 Å². The van der Waals surface area contributed by atoms with Gasteiger partial charge in [0.05, 0.1) is 6.61 Å². The Kier molecular flexibility index (Phi) is 9.27. The molecule has 0 aromatic heterocycles. The highest BCUT2D eigenvalue weighted by atomic mass is 16.7. The molecule has 0 heterocycles. The van der Waals surface area contributed by atoms with Crippen molar-refractivity contribution < 1.29 is 28.6 Å². The Morgan fingerprint density at radius 2 is 1.61 bits per heavy atom. The lowest BCUT2D eigenvalue weighted by molar-refractivity contribution is -0.123. The molecule has 2 aromatic carbocycles. The maximum Gasteiger partial charge on any atom is 0.513 e. The third kappa shape index (κ3) is 8.48. The SMILES string of the molecule is CCOC(=O)Oc1ccc(C(=O)NCCNC(=O)COc2ccc(C)cc2C(C)(C)C)cc1. The van der Waals surface area contributed by atoms with Gasteiger partial charge in [0.15, 0.2) is 6.61 Å². The van der Waals surface area contributed by atoms with Gasteiger partial charge >= 0.3 is 6.16 Å². The van der Waals surface area contributed by atoms with Gasteiger partial charge in [-0.05, 0) is 55.2 Å². The van der Waals surface area contributed by atoms with Gasteiger partial charge in [0.1, 0.15) is 11.5 Å². The van der Waals surface area contributed by atoms with Gasteiger partial charge < -0.3 is 24.8 Å². The number of rotatable bonds is 9. The number of ether oxygens (including phenoxy) is 3. The molecule has 2 rings (SSSR count). The first kappa shape index (κ1) is 25.7. The van der Waals surface area contributed by atoms with Gasteiger partial charge in [-0.2, -0.15) is 0 Å². The molecule has 0 unspecified atom stereocenters. The first-order chi connectivity index (χ1) is 15.6. The molecule has 8 nitrogen and oxygen atoms in total. The maximum atomic E-state index is 12.2. The van der Waals surface area contributed by atoms with Crippen LogP contribution in [0.4, 0.5) is 4.79 Å². The van der Waals surface area contributed by atoms with E-state index in [2.05, 4.69) is 37.5 Å². The minimum absolute atomic E-state index is 0.106. The minimum Gasteiger partial charge on any atom is -0.483 e. The molecule has 178 valence electrons. The standard InChI is InChI=1S/C25H32N2O6/c1-6-31-24(30)33-19-10-8-18(9-11-19)23(29)27-14-13-26-22(28)16-32-21-12-7-17(2)15-20(21)25(3,4)5/h7-12,15H,6,13-14,16H2,1-5H3,(H,26,28)(H,27,29). The Morgan fingerprint density at radius 3 is 2.24 bits per heavy atom. The average molecular weight is 457 g/mol. The number of hydrogen-bond acceptors (Lipinski definition) is 6. The molecule has 0 saturated carbocycles. The Bertz CT molecular complexity index is 964. The molecule has 8 heteroatoms. The number of carbonyl (C=O) groups is 3. The van der Waals surface area contributed by atoms with E-state index in [0.717, 1.165) is 11.1 Å². The van der Waals surface area contributed by atoms with Crippen LogP contribution in [0.15, 0.2) is 42.5 Å². The first-order valence-corrected chi connectivity index (χ1v) is 10.8. The summed E-state index contributed by atoms with van der Waals surface area (Å²) in [5.41, 5.74) is 2.47. The van der Waals surface area contributed by atoms with E-state index < -0.39 is 6.16 Å². The smallest absolute Gasteiger partial charge is 0.483 e. The van der Waals surface area contributed by atoms with Gasteiger partial charge in [0.2, 0.25) is 0 Å². The summed E-state index contributed by atoms with van der Waals surface area (Å²) >= 11 is 0. The average Bonchev–Trinajstić information content (AvgIpc) is 2.75. The second-order valence-corrected chi connectivity index (χ2v) is 8.45. The summed E-state index contributed by atoms with van der Waals surface area (Å²) in [5.74, 6) is 0.384. The van der Waals surface area contributed by atoms with Crippen molar-refractivity contribution in [3.05, 3.63) is 59.2 Å². The van der Waals surface area contributed by atoms with E-state index >= 15 is 0 Å². The predicted molar refractivity (Wildman–Crippen MR) is 125 cm³/mol. The minimum atomic E-state index is -0.800. The molecule has 33 heavy (non-hydrogen) atoms. The summed E-state index contributed by atoms with van der Waals surface area (Å²) in [6.07, 6.45) is -0.800. The highest BCUT2D eigenvalue weighted by molar-refractivity contribution is 5.94. The number of aryl methyl sites for hydroxylation is 1. The van der Waals surface area contributed by atoms with Crippen LogP contribution in [0.5, 0.6) is 11.5 Å². The third-order valence-electron chi connectivity index (χ3n) is 4.61. The molecular weight excluding hydrogens is 424 g/mol. The fourth-order valence-electron chi connectivity index (χ4n) is 2.95. The summed E-state index contributed by atoms with van der Waals surface area (Å²) in [5, 5.41) is 5.44. The first-order valence-electron chi connectivity index (χ1n) is 10.8. The Labute approximate surface area is 194 Å². The lowest BCUT2D eigenvalue weighted by Crippen LogP contribution is -2.36. The molecule has 2 aromatic rings. The van der Waals surface area contributed by atoms with Crippen LogP contribution >= 0.6 is 0 Å². The molecule has 0 radical (unpaired) electrons. The number of hydrogen-bond donors (Lipinski definition) is 2. The van der Waals surface area contributed by atoms with Crippen LogP contribution in [-0.2, 0) is 14.9 Å². The van der Waals surface area contributed by atoms with E-state index in [4.69, 9.17) is 14.2 Å². The van der Waals surface area contributed by atoms with Gasteiger partial charge in [-0.1, -0.05) is 38.5 Å². The number of amides is 2. The van der Waals surface area contributed by atoms with E-state index in [-0.39, 0.29) is 49.3 Å². The van der Waals surface area contributed by atoms with E-state index in [0.29, 0.717) is 11.3 Å². The molecule has 2 amide bonds. The van der Waals surface area contributed by atoms with E-state index in [9.17, 15) is 14.4 Å². The van der Waals surface area contributed by atoms with Crippen LogP contribution in [0.1, 0.15) is 49.2 Å². The van der Waals surface area contributed by atoms with Crippen molar-refractivity contribution in [1.82, 2.24) is 10.6 Å². The lowest BCUT2D eigenvalue weighted by atomic mass is 9.85. The number of carbonyl (C=O) groups excluding carboxylic acids is 3. The van der Waals surface area contributed by atoms with E-state index in [1.54, 1.807) is 6.92 Å². The Morgan fingerprint density at radius 1 is 0.939 bits per heavy atom. The molecule has 0 aliphatic carbocycles. The molecule has 2 N–H and O–H groups in total. The molecule has 0 bridgehead atoms. The quantitative estimate of drug-likeness (QED) is 0.338. The molecular formula is C25H32N2O6. The van der Waals surface area contributed by atoms with Crippen molar-refractivity contribution >= 4 is 18.0 Å². The van der Waals surface area contributed by atoms with Crippen molar-refractivity contribution in [2.45, 2.75) is 40.0 Å². The largest absolute Gasteiger partial charge is 0.513 e. The van der Waals surface area contributed by atoms with Crippen LogP contribution in [0.2, 0.25) is 0 Å². The van der Waals surface area contributed by atoms with Crippen molar-refractivity contribution in [1.29, 1.82) is 0 Å². The van der Waals surface area contributed by atoms with Crippen LogP contribution in [0, 0.1) is 6.92 Å². The highest BCUT2D eigenvalue weighted by Crippen LogP contribution is 2.32. The van der Waals surface area contributed by atoms with Crippen molar-refractivity contribution in [2.24, 2.45) is 0 Å². The topological polar surface area (TPSA) is 103 Å². The normalized spacial score (nSPS) is 10.8. The van der Waals surface area contributed by atoms with Crippen LogP contribution < -0.4 is 20.1 Å². The number of benzene rings is 2. The maximum absolute atomic E-state index is 12.2. The molecule has 0 fully saturated rings. The second-order valence-electron chi connectivity index (χ2n) is 8.45. The Hall–Kier alpha value is -3.55.